The third-order valence-electron chi connectivity index (χ3n) is 2.69. The van der Waals surface area contributed by atoms with Crippen molar-refractivity contribution in [2.45, 2.75) is 0 Å². The van der Waals surface area contributed by atoms with E-state index in [0.717, 1.165) is 21.9 Å². The molecule has 0 spiro atoms. The highest BCUT2D eigenvalue weighted by Gasteiger charge is 2.06. The first-order chi connectivity index (χ1) is 8.53. The highest BCUT2D eigenvalue weighted by Crippen LogP contribution is 2.31. The standard InChI is InChI=1S/C14H13NO2S/c1-18(2,16)15-10-7-8-12-11-5-3-4-6-13(11)17-14(12)9-10/h3-9H,1-2H3. The molecule has 0 amide bonds. The topological polar surface area (TPSA) is 42.6 Å². The van der Waals surface area contributed by atoms with Crippen molar-refractivity contribution in [2.24, 2.45) is 4.36 Å². The summed E-state index contributed by atoms with van der Waals surface area (Å²) in [6.45, 7) is 0. The van der Waals surface area contributed by atoms with Crippen LogP contribution in [0.15, 0.2) is 51.2 Å². The van der Waals surface area contributed by atoms with Gasteiger partial charge in [-0.1, -0.05) is 18.2 Å². The molecule has 0 aliphatic carbocycles. The molecule has 0 atom stereocenters. The van der Waals surface area contributed by atoms with E-state index in [2.05, 4.69) is 4.36 Å². The molecule has 2 aromatic carbocycles. The van der Waals surface area contributed by atoms with Crippen LogP contribution in [0.3, 0.4) is 0 Å². The van der Waals surface area contributed by atoms with Crippen molar-refractivity contribution in [3.05, 3.63) is 42.5 Å². The van der Waals surface area contributed by atoms with Gasteiger partial charge in [0.2, 0.25) is 0 Å². The number of rotatable bonds is 1. The summed E-state index contributed by atoms with van der Waals surface area (Å²) < 4.78 is 21.6. The van der Waals surface area contributed by atoms with E-state index in [1.807, 2.05) is 42.5 Å². The Kier molecular flexibility index (Phi) is 2.41. The van der Waals surface area contributed by atoms with Gasteiger partial charge in [-0.15, -0.1) is 0 Å². The third-order valence-corrected chi connectivity index (χ3v) is 3.34. The van der Waals surface area contributed by atoms with Crippen molar-refractivity contribution >= 4 is 37.4 Å². The number of benzene rings is 2. The lowest BCUT2D eigenvalue weighted by molar-refractivity contribution is 0.669. The highest BCUT2D eigenvalue weighted by molar-refractivity contribution is 7.92. The summed E-state index contributed by atoms with van der Waals surface area (Å²) in [5.41, 5.74) is 2.33. The summed E-state index contributed by atoms with van der Waals surface area (Å²) >= 11 is 0. The fourth-order valence-electron chi connectivity index (χ4n) is 2.03. The van der Waals surface area contributed by atoms with Crippen molar-refractivity contribution in [3.8, 4) is 0 Å². The highest BCUT2D eigenvalue weighted by atomic mass is 32.2. The molecule has 92 valence electrons. The summed E-state index contributed by atoms with van der Waals surface area (Å²) in [6.07, 6.45) is 3.24. The fraction of sp³-hybridized carbons (Fsp3) is 0.143. The van der Waals surface area contributed by atoms with Crippen LogP contribution in [-0.4, -0.2) is 16.7 Å². The Morgan fingerprint density at radius 3 is 2.50 bits per heavy atom. The number of nitrogens with zero attached hydrogens (tertiary/aromatic N) is 1. The Morgan fingerprint density at radius 2 is 1.72 bits per heavy atom. The average molecular weight is 259 g/mol. The third kappa shape index (κ3) is 1.99. The molecule has 3 aromatic rings. The molecule has 0 fully saturated rings. The van der Waals surface area contributed by atoms with Crippen molar-refractivity contribution < 1.29 is 8.63 Å². The first-order valence-electron chi connectivity index (χ1n) is 5.61. The number of hydrogen-bond acceptors (Lipinski definition) is 3. The molecule has 4 heteroatoms. The Balaban J connectivity index is 2.31. The largest absolute Gasteiger partial charge is 0.456 e. The number of fused-ring (bicyclic) bond motifs is 3. The molecule has 18 heavy (non-hydrogen) atoms. The zero-order valence-electron chi connectivity index (χ0n) is 10.2. The van der Waals surface area contributed by atoms with Gasteiger partial charge in [0.15, 0.2) is 0 Å². The van der Waals surface area contributed by atoms with Gasteiger partial charge in [0.1, 0.15) is 11.2 Å². The normalized spacial score (nSPS) is 12.1. The van der Waals surface area contributed by atoms with Crippen molar-refractivity contribution in [2.75, 3.05) is 12.5 Å². The summed E-state index contributed by atoms with van der Waals surface area (Å²) in [4.78, 5) is 0. The van der Waals surface area contributed by atoms with Crippen LogP contribution in [0.1, 0.15) is 0 Å². The van der Waals surface area contributed by atoms with Crippen LogP contribution >= 0.6 is 0 Å². The van der Waals surface area contributed by atoms with Crippen molar-refractivity contribution in [1.29, 1.82) is 0 Å². The molecule has 1 heterocycles. The molecule has 3 nitrogen and oxygen atoms in total. The minimum atomic E-state index is -2.14. The number of hydrogen-bond donors (Lipinski definition) is 0. The molecule has 0 N–H and O–H groups in total. The van der Waals surface area contributed by atoms with E-state index in [1.54, 1.807) is 12.5 Å². The molecular weight excluding hydrogens is 246 g/mol. The predicted octanol–water partition coefficient (Wildman–Crippen LogP) is 3.95. The Bertz CT molecular complexity index is 846. The number of para-hydroxylation sites is 1. The predicted molar refractivity (Wildman–Crippen MR) is 75.8 cm³/mol. The molecule has 1 aromatic heterocycles. The monoisotopic (exact) mass is 259 g/mol. The maximum atomic E-state index is 11.7. The maximum absolute atomic E-state index is 11.7. The van der Waals surface area contributed by atoms with E-state index in [1.165, 1.54) is 0 Å². The summed E-state index contributed by atoms with van der Waals surface area (Å²) in [5, 5.41) is 2.15. The van der Waals surface area contributed by atoms with Gasteiger partial charge in [0.25, 0.3) is 0 Å². The number of furan rings is 1. The molecule has 0 saturated heterocycles. The van der Waals surface area contributed by atoms with Gasteiger partial charge in [-0.3, -0.25) is 0 Å². The second-order valence-electron chi connectivity index (χ2n) is 4.55. The lowest BCUT2D eigenvalue weighted by Gasteiger charge is -1.96. The minimum absolute atomic E-state index is 0.691. The molecule has 0 radical (unpaired) electrons. The molecule has 0 aliphatic heterocycles. The molecule has 0 saturated carbocycles. The van der Waals surface area contributed by atoms with E-state index in [0.29, 0.717) is 5.69 Å². The molecule has 0 bridgehead atoms. The summed E-state index contributed by atoms with van der Waals surface area (Å²) in [5.74, 6) is 0. The van der Waals surface area contributed by atoms with Gasteiger partial charge < -0.3 is 4.42 Å². The van der Waals surface area contributed by atoms with Gasteiger partial charge >= 0.3 is 0 Å². The van der Waals surface area contributed by atoms with E-state index in [9.17, 15) is 4.21 Å². The lowest BCUT2D eigenvalue weighted by Crippen LogP contribution is -1.88. The molecule has 0 aliphatic rings. The Labute approximate surface area is 106 Å². The second-order valence-corrected chi connectivity index (χ2v) is 7.10. The van der Waals surface area contributed by atoms with Gasteiger partial charge in [0.05, 0.1) is 5.69 Å². The smallest absolute Gasteiger partial charge is 0.137 e. The van der Waals surface area contributed by atoms with Crippen LogP contribution in [0, 0.1) is 0 Å². The SMILES string of the molecule is CS(C)(=O)=Nc1ccc2c(c1)oc1ccccc12. The van der Waals surface area contributed by atoms with E-state index < -0.39 is 9.73 Å². The first kappa shape index (κ1) is 11.3. The molecule has 3 rings (SSSR count). The maximum Gasteiger partial charge on any atom is 0.137 e. The van der Waals surface area contributed by atoms with Gasteiger partial charge in [0, 0.05) is 39.1 Å². The zero-order chi connectivity index (χ0) is 12.8. The minimum Gasteiger partial charge on any atom is -0.456 e. The summed E-state index contributed by atoms with van der Waals surface area (Å²) in [7, 11) is -2.14. The van der Waals surface area contributed by atoms with Crippen LogP contribution in [0.2, 0.25) is 0 Å². The Hall–Kier alpha value is -1.81. The first-order valence-corrected chi connectivity index (χ1v) is 7.94. The second kappa shape index (κ2) is 3.85. The van der Waals surface area contributed by atoms with Crippen LogP contribution < -0.4 is 0 Å². The van der Waals surface area contributed by atoms with E-state index in [-0.39, 0.29) is 0 Å². The van der Waals surface area contributed by atoms with Gasteiger partial charge in [-0.2, -0.15) is 4.36 Å². The van der Waals surface area contributed by atoms with Crippen LogP contribution in [-0.2, 0) is 9.73 Å². The van der Waals surface area contributed by atoms with Crippen molar-refractivity contribution in [1.82, 2.24) is 0 Å². The van der Waals surface area contributed by atoms with E-state index >= 15 is 0 Å². The van der Waals surface area contributed by atoms with Gasteiger partial charge in [-0.25, -0.2) is 4.21 Å². The van der Waals surface area contributed by atoms with Gasteiger partial charge in [-0.05, 0) is 18.2 Å². The van der Waals surface area contributed by atoms with Crippen LogP contribution in [0.4, 0.5) is 5.69 Å². The fourth-order valence-corrected chi connectivity index (χ4v) is 2.65. The molecular formula is C14H13NO2S. The molecule has 0 unspecified atom stereocenters. The Morgan fingerprint density at radius 1 is 1.00 bits per heavy atom. The van der Waals surface area contributed by atoms with E-state index in [4.69, 9.17) is 4.42 Å². The quantitative estimate of drug-likeness (QED) is 0.664. The van der Waals surface area contributed by atoms with Crippen molar-refractivity contribution in [3.63, 3.8) is 0 Å². The van der Waals surface area contributed by atoms with Crippen LogP contribution in [0.5, 0.6) is 0 Å². The average Bonchev–Trinajstić information content (AvgIpc) is 2.64. The van der Waals surface area contributed by atoms with Crippen LogP contribution in [0.25, 0.3) is 21.9 Å². The zero-order valence-corrected chi connectivity index (χ0v) is 11.0. The lowest BCUT2D eigenvalue weighted by atomic mass is 10.1. The summed E-state index contributed by atoms with van der Waals surface area (Å²) in [6, 6.07) is 13.6.